The summed E-state index contributed by atoms with van der Waals surface area (Å²) in [6, 6.07) is 4.19. The molecule has 0 atom stereocenters. The predicted molar refractivity (Wildman–Crippen MR) is 68.8 cm³/mol. The number of aryl methyl sites for hydroxylation is 1. The maximum Gasteiger partial charge on any atom is 0.128 e. The molecule has 0 aliphatic carbocycles. The smallest absolute Gasteiger partial charge is 0.128 e. The Morgan fingerprint density at radius 2 is 1.94 bits per heavy atom. The minimum atomic E-state index is 1.06. The number of nitrogens with zero attached hydrogens (tertiary/aromatic N) is 3. The molecule has 0 saturated carbocycles. The van der Waals surface area contributed by atoms with Crippen molar-refractivity contribution in [2.75, 3.05) is 38.1 Å². The van der Waals surface area contributed by atoms with Gasteiger partial charge in [0.25, 0.3) is 0 Å². The Morgan fingerprint density at radius 1 is 1.25 bits per heavy atom. The lowest BCUT2D eigenvalue weighted by atomic mass is 10.2. The monoisotopic (exact) mass is 217 g/mol. The molecule has 16 heavy (non-hydrogen) atoms. The average molecular weight is 217 g/mol. The number of anilines is 1. The summed E-state index contributed by atoms with van der Waals surface area (Å²) in [5.41, 5.74) is 2.18. The Kier molecular flexibility index (Phi) is 3.25. The summed E-state index contributed by atoms with van der Waals surface area (Å²) in [5, 5.41) is 0. The molecule has 1 aliphatic heterocycles. The molecule has 3 nitrogen and oxygen atoms in total. The zero-order valence-electron chi connectivity index (χ0n) is 10.1. The zero-order valence-corrected chi connectivity index (χ0v) is 10.1. The first-order valence-corrected chi connectivity index (χ1v) is 5.74. The second kappa shape index (κ2) is 4.66. The van der Waals surface area contributed by atoms with Gasteiger partial charge in [-0.1, -0.05) is 12.7 Å². The third-order valence-corrected chi connectivity index (χ3v) is 3.16. The first kappa shape index (κ1) is 11.1. The van der Waals surface area contributed by atoms with Crippen LogP contribution in [0.25, 0.3) is 6.08 Å². The van der Waals surface area contributed by atoms with Crippen molar-refractivity contribution in [1.82, 2.24) is 9.88 Å². The van der Waals surface area contributed by atoms with Crippen LogP contribution in [0.5, 0.6) is 0 Å². The zero-order chi connectivity index (χ0) is 11.5. The van der Waals surface area contributed by atoms with Crippen LogP contribution in [-0.4, -0.2) is 43.1 Å². The summed E-state index contributed by atoms with van der Waals surface area (Å²) in [7, 11) is 2.16. The number of pyridine rings is 1. The minimum absolute atomic E-state index is 1.06. The van der Waals surface area contributed by atoms with E-state index in [-0.39, 0.29) is 0 Å². The molecule has 86 valence electrons. The van der Waals surface area contributed by atoms with E-state index in [4.69, 9.17) is 0 Å². The van der Waals surface area contributed by atoms with Crippen molar-refractivity contribution in [2.45, 2.75) is 6.92 Å². The van der Waals surface area contributed by atoms with Gasteiger partial charge in [-0.25, -0.2) is 4.98 Å². The molecule has 0 N–H and O–H groups in total. The van der Waals surface area contributed by atoms with E-state index in [0.717, 1.165) is 43.3 Å². The Balaban J connectivity index is 2.15. The fourth-order valence-corrected chi connectivity index (χ4v) is 1.99. The van der Waals surface area contributed by atoms with Crippen LogP contribution in [0.1, 0.15) is 11.3 Å². The van der Waals surface area contributed by atoms with Crippen LogP contribution in [0.4, 0.5) is 5.82 Å². The minimum Gasteiger partial charge on any atom is -0.354 e. The van der Waals surface area contributed by atoms with Crippen molar-refractivity contribution in [2.24, 2.45) is 0 Å². The van der Waals surface area contributed by atoms with Gasteiger partial charge in [-0.05, 0) is 31.7 Å². The van der Waals surface area contributed by atoms with Crippen molar-refractivity contribution < 1.29 is 0 Å². The molecule has 0 aromatic carbocycles. The number of hydrogen-bond acceptors (Lipinski definition) is 3. The number of aromatic nitrogens is 1. The van der Waals surface area contributed by atoms with Crippen LogP contribution in [0.15, 0.2) is 18.7 Å². The topological polar surface area (TPSA) is 19.4 Å². The lowest BCUT2D eigenvalue weighted by Crippen LogP contribution is -2.44. The number of piperazine rings is 1. The maximum atomic E-state index is 4.63. The number of hydrogen-bond donors (Lipinski definition) is 0. The maximum absolute atomic E-state index is 4.63. The van der Waals surface area contributed by atoms with Gasteiger partial charge in [-0.3, -0.25) is 0 Å². The molecule has 1 aromatic heterocycles. The largest absolute Gasteiger partial charge is 0.354 e. The number of rotatable bonds is 2. The molecular formula is C13H19N3. The molecule has 0 unspecified atom stereocenters. The summed E-state index contributed by atoms with van der Waals surface area (Å²) in [4.78, 5) is 9.32. The van der Waals surface area contributed by atoms with Gasteiger partial charge in [0, 0.05) is 31.9 Å². The van der Waals surface area contributed by atoms with E-state index in [0.29, 0.717) is 0 Å². The third-order valence-electron chi connectivity index (χ3n) is 3.16. The quantitative estimate of drug-likeness (QED) is 0.753. The average Bonchev–Trinajstić information content (AvgIpc) is 2.30. The lowest BCUT2D eigenvalue weighted by Gasteiger charge is -2.33. The first-order chi connectivity index (χ1) is 7.70. The van der Waals surface area contributed by atoms with Gasteiger partial charge in [-0.15, -0.1) is 0 Å². The van der Waals surface area contributed by atoms with Crippen LogP contribution in [0.2, 0.25) is 0 Å². The van der Waals surface area contributed by atoms with Gasteiger partial charge >= 0.3 is 0 Å². The van der Waals surface area contributed by atoms with Crippen LogP contribution in [0, 0.1) is 6.92 Å². The molecule has 1 aromatic rings. The Hall–Kier alpha value is -1.35. The molecule has 0 amide bonds. The molecule has 0 bridgehead atoms. The second-order valence-electron chi connectivity index (χ2n) is 4.34. The van der Waals surface area contributed by atoms with E-state index in [2.05, 4.69) is 40.5 Å². The molecular weight excluding hydrogens is 198 g/mol. The van der Waals surface area contributed by atoms with Crippen LogP contribution in [0.3, 0.4) is 0 Å². The summed E-state index contributed by atoms with van der Waals surface area (Å²) in [6.07, 6.45) is 1.86. The molecule has 1 aliphatic rings. The predicted octanol–water partition coefficient (Wildman–Crippen LogP) is 1.78. The van der Waals surface area contributed by atoms with Gasteiger partial charge in [-0.2, -0.15) is 0 Å². The summed E-state index contributed by atoms with van der Waals surface area (Å²) < 4.78 is 0. The normalized spacial score (nSPS) is 17.5. The van der Waals surface area contributed by atoms with Crippen molar-refractivity contribution in [3.05, 3.63) is 30.0 Å². The van der Waals surface area contributed by atoms with E-state index in [1.165, 1.54) is 0 Å². The van der Waals surface area contributed by atoms with Gasteiger partial charge in [0.1, 0.15) is 5.82 Å². The second-order valence-corrected chi connectivity index (χ2v) is 4.34. The van der Waals surface area contributed by atoms with Crippen molar-refractivity contribution in [3.8, 4) is 0 Å². The number of likely N-dealkylation sites (N-methyl/N-ethyl adjacent to an activating group) is 1. The first-order valence-electron chi connectivity index (χ1n) is 5.74. The standard InChI is InChI=1S/C13H19N3/c1-4-12-5-6-13(14-11(12)2)16-9-7-15(3)8-10-16/h4-6H,1,7-10H2,2-3H3. The van der Waals surface area contributed by atoms with Gasteiger partial charge in [0.15, 0.2) is 0 Å². The molecule has 0 spiro atoms. The molecule has 2 heterocycles. The van der Waals surface area contributed by atoms with Crippen molar-refractivity contribution in [3.63, 3.8) is 0 Å². The van der Waals surface area contributed by atoms with Gasteiger partial charge < -0.3 is 9.80 Å². The van der Waals surface area contributed by atoms with Crippen molar-refractivity contribution in [1.29, 1.82) is 0 Å². The highest BCUT2D eigenvalue weighted by Crippen LogP contribution is 2.16. The Morgan fingerprint density at radius 3 is 2.50 bits per heavy atom. The molecule has 0 radical (unpaired) electrons. The van der Waals surface area contributed by atoms with Crippen LogP contribution >= 0.6 is 0 Å². The fraction of sp³-hybridized carbons (Fsp3) is 0.462. The highest BCUT2D eigenvalue weighted by atomic mass is 15.3. The van der Waals surface area contributed by atoms with E-state index < -0.39 is 0 Å². The highest BCUT2D eigenvalue weighted by molar-refractivity contribution is 5.53. The van der Waals surface area contributed by atoms with Crippen LogP contribution < -0.4 is 4.90 Å². The molecule has 1 fully saturated rings. The van der Waals surface area contributed by atoms with Crippen molar-refractivity contribution >= 4 is 11.9 Å². The lowest BCUT2D eigenvalue weighted by molar-refractivity contribution is 0.312. The summed E-state index contributed by atoms with van der Waals surface area (Å²) in [6.45, 7) is 10.2. The Labute approximate surface area is 97.4 Å². The van der Waals surface area contributed by atoms with Gasteiger partial charge in [0.2, 0.25) is 0 Å². The van der Waals surface area contributed by atoms with Crippen LogP contribution in [-0.2, 0) is 0 Å². The molecule has 2 rings (SSSR count). The Bertz CT molecular complexity index is 379. The highest BCUT2D eigenvalue weighted by Gasteiger charge is 2.15. The van der Waals surface area contributed by atoms with E-state index in [1.807, 2.05) is 13.0 Å². The summed E-state index contributed by atoms with van der Waals surface area (Å²) in [5.74, 6) is 1.09. The summed E-state index contributed by atoms with van der Waals surface area (Å²) >= 11 is 0. The van der Waals surface area contributed by atoms with E-state index in [1.54, 1.807) is 0 Å². The molecule has 1 saturated heterocycles. The SMILES string of the molecule is C=Cc1ccc(N2CCN(C)CC2)nc1C. The fourth-order valence-electron chi connectivity index (χ4n) is 1.99. The van der Waals surface area contributed by atoms with E-state index >= 15 is 0 Å². The molecule has 3 heteroatoms. The third kappa shape index (κ3) is 2.25. The van der Waals surface area contributed by atoms with Gasteiger partial charge in [0.05, 0.1) is 0 Å². The van der Waals surface area contributed by atoms with E-state index in [9.17, 15) is 0 Å².